The molecule has 8 heteroatoms. The van der Waals surface area contributed by atoms with Crippen LogP contribution in [0.4, 0.5) is 18.3 Å². The largest absolute Gasteiger partial charge is 0.403 e. The van der Waals surface area contributed by atoms with Gasteiger partial charge in [0.2, 0.25) is 5.91 Å². The fraction of sp³-hybridized carbons (Fsp3) is 0.667. The summed E-state index contributed by atoms with van der Waals surface area (Å²) >= 11 is 1.08. The number of hydrogen-bond donors (Lipinski definition) is 2. The molecule has 112 valence electrons. The highest BCUT2D eigenvalue weighted by Crippen LogP contribution is 2.51. The average molecular weight is 308 g/mol. The van der Waals surface area contributed by atoms with Crippen molar-refractivity contribution in [3.05, 3.63) is 11.1 Å². The minimum Gasteiger partial charge on any atom is -0.396 e. The predicted molar refractivity (Wildman–Crippen MR) is 68.5 cm³/mol. The van der Waals surface area contributed by atoms with Crippen LogP contribution < -0.4 is 5.32 Å². The van der Waals surface area contributed by atoms with E-state index in [1.807, 2.05) is 0 Å². The van der Waals surface area contributed by atoms with Crippen LogP contribution in [0.5, 0.6) is 0 Å². The summed E-state index contributed by atoms with van der Waals surface area (Å²) in [5, 5.41) is 11.2. The topological polar surface area (TPSA) is 62.2 Å². The number of thiazole rings is 1. The van der Waals surface area contributed by atoms with Crippen LogP contribution in [0.1, 0.15) is 30.6 Å². The fourth-order valence-electron chi connectivity index (χ4n) is 2.43. The molecule has 0 spiro atoms. The predicted octanol–water partition coefficient (Wildman–Crippen LogP) is 2.74. The highest BCUT2D eigenvalue weighted by atomic mass is 32.1. The molecule has 0 saturated heterocycles. The summed E-state index contributed by atoms with van der Waals surface area (Å²) in [5.41, 5.74) is -2.28. The molecule has 2 rings (SSSR count). The van der Waals surface area contributed by atoms with Crippen molar-refractivity contribution in [2.24, 2.45) is 5.41 Å². The van der Waals surface area contributed by atoms with Gasteiger partial charge >= 0.3 is 6.18 Å². The van der Waals surface area contributed by atoms with Gasteiger partial charge in [-0.25, -0.2) is 4.98 Å². The van der Waals surface area contributed by atoms with Gasteiger partial charge in [0, 0.05) is 24.1 Å². The standard InChI is InChI=1S/C12H15F3N2O2S/c13-12(14,15)11(4-1-2-5-11)9(19)17-10-16-7-8(20-10)3-6-18/h7,18H,1-6H2,(H,16,17,19). The Labute approximate surface area is 118 Å². The molecular formula is C12H15F3N2O2S. The lowest BCUT2D eigenvalue weighted by atomic mass is 9.84. The molecule has 0 unspecified atom stereocenters. The Bertz CT molecular complexity index is 481. The lowest BCUT2D eigenvalue weighted by Gasteiger charge is -2.29. The number of anilines is 1. The monoisotopic (exact) mass is 308 g/mol. The number of carbonyl (C=O) groups is 1. The number of aromatic nitrogens is 1. The Balaban J connectivity index is 2.13. The second-order valence-corrected chi connectivity index (χ2v) is 5.96. The van der Waals surface area contributed by atoms with Crippen molar-refractivity contribution in [1.29, 1.82) is 0 Å². The van der Waals surface area contributed by atoms with E-state index in [1.165, 1.54) is 6.20 Å². The normalized spacial score (nSPS) is 18.2. The lowest BCUT2D eigenvalue weighted by molar-refractivity contribution is -0.217. The van der Waals surface area contributed by atoms with E-state index in [4.69, 9.17) is 5.11 Å². The van der Waals surface area contributed by atoms with Crippen LogP contribution in [0.15, 0.2) is 6.20 Å². The fourth-order valence-corrected chi connectivity index (χ4v) is 3.22. The van der Waals surface area contributed by atoms with Gasteiger partial charge in [-0.3, -0.25) is 4.79 Å². The van der Waals surface area contributed by atoms with Crippen LogP contribution in [-0.4, -0.2) is 28.8 Å². The molecule has 1 aliphatic rings. The molecule has 1 saturated carbocycles. The number of hydrogen-bond acceptors (Lipinski definition) is 4. The Morgan fingerprint density at radius 2 is 2.10 bits per heavy atom. The number of halogens is 3. The molecule has 20 heavy (non-hydrogen) atoms. The van der Waals surface area contributed by atoms with Crippen LogP contribution in [0.25, 0.3) is 0 Å². The van der Waals surface area contributed by atoms with Gasteiger partial charge < -0.3 is 10.4 Å². The second-order valence-electron chi connectivity index (χ2n) is 4.85. The molecule has 1 aliphatic carbocycles. The molecule has 0 bridgehead atoms. The number of nitrogens with one attached hydrogen (secondary N) is 1. The van der Waals surface area contributed by atoms with Gasteiger partial charge in [0.15, 0.2) is 5.13 Å². The number of carbonyl (C=O) groups excluding carboxylic acids is 1. The van der Waals surface area contributed by atoms with E-state index in [2.05, 4.69) is 10.3 Å². The van der Waals surface area contributed by atoms with E-state index in [1.54, 1.807) is 0 Å². The highest BCUT2D eigenvalue weighted by molar-refractivity contribution is 7.15. The highest BCUT2D eigenvalue weighted by Gasteiger charge is 2.61. The lowest BCUT2D eigenvalue weighted by Crippen LogP contribution is -2.46. The zero-order valence-corrected chi connectivity index (χ0v) is 11.5. The van der Waals surface area contributed by atoms with Crippen LogP contribution >= 0.6 is 11.3 Å². The summed E-state index contributed by atoms with van der Waals surface area (Å²) in [6.45, 7) is -0.0674. The molecule has 1 fully saturated rings. The summed E-state index contributed by atoms with van der Waals surface area (Å²) in [5.74, 6) is -1.02. The first-order chi connectivity index (χ1) is 9.39. The van der Waals surface area contributed by atoms with Gasteiger partial charge in [0.1, 0.15) is 5.41 Å². The van der Waals surface area contributed by atoms with Crippen molar-refractivity contribution in [3.63, 3.8) is 0 Å². The van der Waals surface area contributed by atoms with Crippen LogP contribution in [0.3, 0.4) is 0 Å². The van der Waals surface area contributed by atoms with Crippen molar-refractivity contribution >= 4 is 22.4 Å². The van der Waals surface area contributed by atoms with Crippen LogP contribution in [0, 0.1) is 5.41 Å². The van der Waals surface area contributed by atoms with Crippen molar-refractivity contribution in [3.8, 4) is 0 Å². The third kappa shape index (κ3) is 2.80. The maximum Gasteiger partial charge on any atom is 0.403 e. The molecule has 0 radical (unpaired) electrons. The Kier molecular flexibility index (Phi) is 4.33. The molecule has 4 nitrogen and oxygen atoms in total. The van der Waals surface area contributed by atoms with Gasteiger partial charge in [0.25, 0.3) is 0 Å². The zero-order chi connectivity index (χ0) is 14.8. The average Bonchev–Trinajstić information content (AvgIpc) is 2.98. The minimum atomic E-state index is -4.54. The van der Waals surface area contributed by atoms with Crippen LogP contribution in [-0.2, 0) is 11.2 Å². The third-order valence-electron chi connectivity index (χ3n) is 3.57. The molecule has 1 amide bonds. The minimum absolute atomic E-state index is 0.0674. The molecular weight excluding hydrogens is 293 g/mol. The van der Waals surface area contributed by atoms with E-state index in [9.17, 15) is 18.0 Å². The molecule has 2 N–H and O–H groups in total. The van der Waals surface area contributed by atoms with E-state index in [0.29, 0.717) is 19.3 Å². The Morgan fingerprint density at radius 1 is 1.45 bits per heavy atom. The van der Waals surface area contributed by atoms with E-state index in [0.717, 1.165) is 16.2 Å². The van der Waals surface area contributed by atoms with Crippen molar-refractivity contribution in [2.75, 3.05) is 11.9 Å². The molecule has 0 aromatic carbocycles. The van der Waals surface area contributed by atoms with Gasteiger partial charge in [-0.1, -0.05) is 12.8 Å². The molecule has 1 aromatic heterocycles. The van der Waals surface area contributed by atoms with E-state index in [-0.39, 0.29) is 24.6 Å². The number of rotatable bonds is 4. The van der Waals surface area contributed by atoms with E-state index < -0.39 is 17.5 Å². The first-order valence-corrected chi connectivity index (χ1v) is 7.14. The summed E-state index contributed by atoms with van der Waals surface area (Å²) in [6, 6.07) is 0. The summed E-state index contributed by atoms with van der Waals surface area (Å²) in [6.07, 6.45) is -2.25. The number of amides is 1. The molecule has 1 heterocycles. The van der Waals surface area contributed by atoms with Crippen molar-refractivity contribution in [2.45, 2.75) is 38.3 Å². The SMILES string of the molecule is O=C(Nc1ncc(CCO)s1)C1(C(F)(F)F)CCCC1. The maximum atomic E-state index is 13.2. The Hall–Kier alpha value is -1.15. The number of alkyl halides is 3. The maximum absolute atomic E-state index is 13.2. The first kappa shape index (κ1) is 15.2. The van der Waals surface area contributed by atoms with Gasteiger partial charge in [-0.05, 0) is 12.8 Å². The van der Waals surface area contributed by atoms with Gasteiger partial charge in [-0.15, -0.1) is 11.3 Å². The quantitative estimate of drug-likeness (QED) is 0.899. The molecule has 0 aliphatic heterocycles. The number of nitrogens with zero attached hydrogens (tertiary/aromatic N) is 1. The first-order valence-electron chi connectivity index (χ1n) is 6.33. The molecule has 1 aromatic rings. The van der Waals surface area contributed by atoms with Gasteiger partial charge in [-0.2, -0.15) is 13.2 Å². The van der Waals surface area contributed by atoms with Crippen LogP contribution in [0.2, 0.25) is 0 Å². The van der Waals surface area contributed by atoms with Crippen molar-refractivity contribution in [1.82, 2.24) is 4.98 Å². The van der Waals surface area contributed by atoms with Gasteiger partial charge in [0.05, 0.1) is 0 Å². The van der Waals surface area contributed by atoms with Crippen molar-refractivity contribution < 1.29 is 23.1 Å². The number of aliphatic hydroxyl groups is 1. The number of aliphatic hydroxyl groups excluding tert-OH is 1. The summed E-state index contributed by atoms with van der Waals surface area (Å²) < 4.78 is 39.6. The second kappa shape index (κ2) is 5.69. The van der Waals surface area contributed by atoms with E-state index >= 15 is 0 Å². The smallest absolute Gasteiger partial charge is 0.396 e. The third-order valence-corrected chi connectivity index (χ3v) is 4.54. The zero-order valence-electron chi connectivity index (χ0n) is 10.7. The molecule has 0 atom stereocenters. The Morgan fingerprint density at radius 3 is 2.65 bits per heavy atom. The summed E-state index contributed by atoms with van der Waals surface area (Å²) in [7, 11) is 0. The summed E-state index contributed by atoms with van der Waals surface area (Å²) in [4.78, 5) is 16.6.